The number of ketones is 3. The highest BCUT2D eigenvalue weighted by molar-refractivity contribution is 9.10. The molecule has 4 aliphatic rings. The first-order valence-electron chi connectivity index (χ1n) is 18.8. The van der Waals surface area contributed by atoms with Crippen molar-refractivity contribution in [2.75, 3.05) is 12.4 Å². The van der Waals surface area contributed by atoms with Crippen LogP contribution in [0.25, 0.3) is 0 Å². The molecule has 310 valence electrons. The van der Waals surface area contributed by atoms with Gasteiger partial charge in [-0.05, 0) is 44.2 Å². The number of halogens is 1. The molecule has 3 heterocycles. The van der Waals surface area contributed by atoms with E-state index in [1.807, 2.05) is 0 Å². The van der Waals surface area contributed by atoms with Crippen molar-refractivity contribution in [2.45, 2.75) is 85.6 Å². The fourth-order valence-corrected chi connectivity index (χ4v) is 7.75. The first-order valence-corrected chi connectivity index (χ1v) is 19.6. The van der Waals surface area contributed by atoms with Gasteiger partial charge in [0.25, 0.3) is 11.7 Å². The smallest absolute Gasteiger partial charge is 0.312 e. The second-order valence-electron chi connectivity index (χ2n) is 15.2. The Morgan fingerprint density at radius 2 is 1.57 bits per heavy atom. The molecule has 15 heteroatoms. The number of phenols is 1. The largest absolute Gasteiger partial charge is 0.507 e. The molecular weight excluding hydrogens is 816 g/mol. The highest BCUT2D eigenvalue weighted by Crippen LogP contribution is 2.48. The van der Waals surface area contributed by atoms with Crippen molar-refractivity contribution in [3.8, 4) is 11.5 Å². The summed E-state index contributed by atoms with van der Waals surface area (Å²) in [4.78, 5) is 69.4. The van der Waals surface area contributed by atoms with Crippen LogP contribution in [0.5, 0.6) is 11.5 Å². The summed E-state index contributed by atoms with van der Waals surface area (Å²) in [6, 6.07) is 6.64. The summed E-state index contributed by atoms with van der Waals surface area (Å²) in [6.45, 7) is 12.3. The maximum atomic E-state index is 14.6. The zero-order valence-corrected chi connectivity index (χ0v) is 35.3. The van der Waals surface area contributed by atoms with Crippen LogP contribution in [0.2, 0.25) is 0 Å². The van der Waals surface area contributed by atoms with Crippen LogP contribution in [0.3, 0.4) is 0 Å². The Labute approximate surface area is 345 Å². The first kappa shape index (κ1) is 44.0. The van der Waals surface area contributed by atoms with E-state index < -0.39 is 106 Å². The number of methoxy groups -OCH3 is 1. The summed E-state index contributed by atoms with van der Waals surface area (Å²) in [5, 5.41) is 39.8. The van der Waals surface area contributed by atoms with Crippen LogP contribution in [-0.2, 0) is 23.8 Å². The fraction of sp³-hybridized carbons (Fsp3) is 0.419. The van der Waals surface area contributed by atoms with Crippen LogP contribution in [0.15, 0.2) is 76.3 Å². The van der Waals surface area contributed by atoms with Gasteiger partial charge in [-0.2, -0.15) is 0 Å². The Kier molecular flexibility index (Phi) is 13.2. The number of carbonyl (C=O) groups is 5. The maximum absolute atomic E-state index is 14.6. The molecule has 3 aliphatic heterocycles. The molecule has 0 spiro atoms. The summed E-state index contributed by atoms with van der Waals surface area (Å²) >= 11 is 3.37. The molecule has 1 aliphatic carbocycles. The fourth-order valence-electron chi connectivity index (χ4n) is 7.49. The monoisotopic (exact) mass is 864 g/mol. The minimum absolute atomic E-state index is 0.0213. The second-order valence-corrected chi connectivity index (χ2v) is 16.1. The highest BCUT2D eigenvalue weighted by atomic mass is 79.9. The standard InChI is InChI=1S/C43H49BrN2O12/c1-19-11-10-12-20(2)42(54)46-33-32(45-27-15-13-26(44)14-16-27)37(51)29-30(38(33)52)36(50)24(6)40-31(29)41(53)43(8,58-40)56-18-17-28(55-9)21(3)39(57-25(7)47)23(5)35(49)22(4)34(19)48/h10-19,21-23,28,34-35,39,45,48-50H,1-9H3,(H,46,54)/t19-,21+,22+,23-,28-,34-,35-,39+,43-/m0/s1. The molecule has 0 saturated carbocycles. The molecule has 14 nitrogen and oxygen atoms in total. The van der Waals surface area contributed by atoms with E-state index in [-0.39, 0.29) is 28.1 Å². The number of fused-ring (bicyclic) bond motifs is 14. The van der Waals surface area contributed by atoms with Gasteiger partial charge in [0.1, 0.15) is 29.0 Å². The number of benzene rings is 2. The van der Waals surface area contributed by atoms with Crippen molar-refractivity contribution >= 4 is 50.8 Å². The van der Waals surface area contributed by atoms with Gasteiger partial charge in [0, 0.05) is 65.9 Å². The number of phenolic OH excluding ortho intramolecular Hbond substituents is 1. The first-order chi connectivity index (χ1) is 27.2. The maximum Gasteiger partial charge on any atom is 0.312 e. The lowest BCUT2D eigenvalue weighted by Crippen LogP contribution is -2.46. The minimum Gasteiger partial charge on any atom is -0.507 e. The van der Waals surface area contributed by atoms with Crippen LogP contribution < -0.4 is 15.4 Å². The van der Waals surface area contributed by atoms with Gasteiger partial charge in [-0.25, -0.2) is 0 Å². The molecule has 2 aromatic carbocycles. The number of ether oxygens (including phenoxy) is 4. The molecule has 9 atom stereocenters. The Bertz CT molecular complexity index is 2140. The molecule has 0 unspecified atom stereocenters. The average Bonchev–Trinajstić information content (AvgIpc) is 3.45. The van der Waals surface area contributed by atoms with Crippen LogP contribution in [-0.4, -0.2) is 81.9 Å². The Morgan fingerprint density at radius 3 is 2.19 bits per heavy atom. The molecule has 1 amide bonds. The third-order valence-corrected chi connectivity index (χ3v) is 11.6. The Morgan fingerprint density at radius 1 is 0.914 bits per heavy atom. The average molecular weight is 866 g/mol. The number of amides is 1. The minimum atomic E-state index is -2.10. The van der Waals surface area contributed by atoms with Crippen molar-refractivity contribution in [1.29, 1.82) is 0 Å². The topological polar surface area (TPSA) is 207 Å². The van der Waals surface area contributed by atoms with E-state index in [0.717, 1.165) is 10.7 Å². The van der Waals surface area contributed by atoms with Gasteiger partial charge in [-0.1, -0.05) is 61.9 Å². The van der Waals surface area contributed by atoms with Gasteiger partial charge in [0.05, 0.1) is 41.3 Å². The quantitative estimate of drug-likeness (QED) is 0.230. The molecule has 58 heavy (non-hydrogen) atoms. The van der Waals surface area contributed by atoms with Crippen molar-refractivity contribution < 1.29 is 58.2 Å². The third kappa shape index (κ3) is 8.39. The Balaban J connectivity index is 1.68. The molecule has 5 bridgehead atoms. The van der Waals surface area contributed by atoms with E-state index in [9.17, 15) is 39.3 Å². The zero-order valence-electron chi connectivity index (χ0n) is 33.7. The number of allylic oxidation sites excluding steroid dienone is 4. The molecule has 0 fully saturated rings. The zero-order chi connectivity index (χ0) is 43.0. The number of anilines is 1. The number of rotatable bonds is 4. The molecule has 2 aromatic rings. The lowest BCUT2D eigenvalue weighted by Gasteiger charge is -2.38. The number of aliphatic hydroxyl groups excluding tert-OH is 2. The van der Waals surface area contributed by atoms with Crippen LogP contribution >= 0.6 is 15.9 Å². The number of aromatic hydroxyl groups is 1. The molecule has 0 saturated heterocycles. The third-order valence-electron chi connectivity index (χ3n) is 11.1. The number of nitrogens with one attached hydrogen (secondary N) is 2. The van der Waals surface area contributed by atoms with E-state index in [1.165, 1.54) is 47.0 Å². The molecular formula is C43H49BrN2O12. The van der Waals surface area contributed by atoms with E-state index in [0.29, 0.717) is 5.69 Å². The van der Waals surface area contributed by atoms with E-state index in [2.05, 4.69) is 26.6 Å². The predicted octanol–water partition coefficient (Wildman–Crippen LogP) is 5.83. The van der Waals surface area contributed by atoms with Crippen LogP contribution in [0.4, 0.5) is 5.69 Å². The molecule has 5 N–H and O–H groups in total. The lowest BCUT2D eigenvalue weighted by atomic mass is 9.78. The van der Waals surface area contributed by atoms with Gasteiger partial charge in [0.15, 0.2) is 0 Å². The van der Waals surface area contributed by atoms with Gasteiger partial charge in [-0.3, -0.25) is 24.0 Å². The summed E-state index contributed by atoms with van der Waals surface area (Å²) in [5.74, 6) is -9.47. The van der Waals surface area contributed by atoms with Gasteiger partial charge in [0.2, 0.25) is 11.6 Å². The van der Waals surface area contributed by atoms with Crippen molar-refractivity contribution in [2.24, 2.45) is 23.7 Å². The number of esters is 1. The summed E-state index contributed by atoms with van der Waals surface area (Å²) in [7, 11) is 1.42. The lowest BCUT2D eigenvalue weighted by molar-refractivity contribution is -0.160. The van der Waals surface area contributed by atoms with Crippen LogP contribution in [0, 0.1) is 30.6 Å². The normalized spacial score (nSPS) is 29.4. The molecule has 0 radical (unpaired) electrons. The summed E-state index contributed by atoms with van der Waals surface area (Å²) < 4.78 is 24.2. The number of Topliss-reactive ketones (excluding diaryl/α,β-unsaturated/α-hetero) is 3. The summed E-state index contributed by atoms with van der Waals surface area (Å²) in [5.41, 5.74) is -1.60. The Hall–Kier alpha value is -5.09. The number of carbonyl (C=O) groups excluding carboxylic acids is 5. The number of hydrogen-bond donors (Lipinski definition) is 5. The molecule has 0 aromatic heterocycles. The van der Waals surface area contributed by atoms with Crippen molar-refractivity contribution in [3.05, 3.63) is 98.5 Å². The predicted molar refractivity (Wildman–Crippen MR) is 216 cm³/mol. The van der Waals surface area contributed by atoms with Crippen LogP contribution in [0.1, 0.15) is 85.1 Å². The van der Waals surface area contributed by atoms with Crippen molar-refractivity contribution in [1.82, 2.24) is 5.32 Å². The summed E-state index contributed by atoms with van der Waals surface area (Å²) in [6.07, 6.45) is 3.32. The second kappa shape index (κ2) is 17.4. The number of hydrogen-bond acceptors (Lipinski definition) is 13. The van der Waals surface area contributed by atoms with Gasteiger partial charge >= 0.3 is 11.8 Å². The SMILES string of the molecule is CO[C@H]1C=CO[C@@]2(C)Oc3c(C)c(O)c4c(c3C2=O)C(=O)C(Nc2ccc(Br)cc2)=C(NC(=O)C(C)=CC=C[C@H](C)[C@H](O)[C@@H](C)[C@H](O)[C@H](C)[C@H](OC(C)=O)[C@@H]1C)C4=O. The molecule has 6 rings (SSSR count). The number of aliphatic hydroxyl groups is 2. The van der Waals surface area contributed by atoms with E-state index >= 15 is 0 Å². The van der Waals surface area contributed by atoms with Gasteiger partial charge in [-0.15, -0.1) is 0 Å². The van der Waals surface area contributed by atoms with Crippen molar-refractivity contribution in [3.63, 3.8) is 0 Å². The highest BCUT2D eigenvalue weighted by Gasteiger charge is 2.53. The van der Waals surface area contributed by atoms with E-state index in [4.69, 9.17) is 18.9 Å². The van der Waals surface area contributed by atoms with Gasteiger partial charge < -0.3 is 44.9 Å². The van der Waals surface area contributed by atoms with E-state index in [1.54, 1.807) is 64.1 Å².